The lowest BCUT2D eigenvalue weighted by molar-refractivity contribution is 0.0812. The van der Waals surface area contributed by atoms with Crippen molar-refractivity contribution in [3.63, 3.8) is 0 Å². The predicted molar refractivity (Wildman–Crippen MR) is 148 cm³/mol. The van der Waals surface area contributed by atoms with Gasteiger partial charge in [-0.1, -0.05) is 89.5 Å². The largest absolute Gasteiger partial charge is 0.279 e. The monoisotopic (exact) mass is 495 g/mol. The topological polar surface area (TPSA) is 39.1 Å². The van der Waals surface area contributed by atoms with Crippen LogP contribution in [0.4, 0.5) is 0 Å². The van der Waals surface area contributed by atoms with Crippen LogP contribution in [-0.2, 0) is 10.8 Å². The Labute approximate surface area is 217 Å². The van der Waals surface area contributed by atoms with E-state index in [0.717, 1.165) is 16.7 Å². The lowest BCUT2D eigenvalue weighted by Gasteiger charge is -2.27. The molecule has 0 radical (unpaired) electrons. The third kappa shape index (κ3) is 5.83. The lowest BCUT2D eigenvalue weighted by atomic mass is 9.78. The predicted octanol–water partition coefficient (Wildman–Crippen LogP) is 7.72. The maximum absolute atomic E-state index is 14.3. The van der Waals surface area contributed by atoms with Gasteiger partial charge in [0.2, 0.25) is 5.91 Å². The molecule has 0 fully saturated rings. The van der Waals surface area contributed by atoms with Crippen LogP contribution in [0.15, 0.2) is 119 Å². The molecule has 4 aromatic rings. The number of carbonyl (C=O) groups is 1. The van der Waals surface area contributed by atoms with Gasteiger partial charge in [-0.25, -0.2) is 4.21 Å². The van der Waals surface area contributed by atoms with Crippen molar-refractivity contribution in [2.24, 2.45) is 5.92 Å². The van der Waals surface area contributed by atoms with Gasteiger partial charge in [-0.05, 0) is 69.5 Å². The Morgan fingerprint density at radius 3 is 2.00 bits per heavy atom. The maximum atomic E-state index is 14.3. The molecule has 0 unspecified atom stereocenters. The molecule has 0 N–H and O–H groups in total. The van der Waals surface area contributed by atoms with Gasteiger partial charge in [-0.15, -0.1) is 0 Å². The first-order chi connectivity index (χ1) is 17.3. The molecule has 0 bridgehead atoms. The van der Waals surface area contributed by atoms with Crippen molar-refractivity contribution >= 4 is 16.7 Å². The van der Waals surface area contributed by atoms with Crippen LogP contribution < -0.4 is 0 Å². The second-order valence-corrected chi connectivity index (χ2v) is 11.0. The second kappa shape index (κ2) is 11.5. The molecular formula is C32H33NO2S. The first-order valence-electron chi connectivity index (χ1n) is 12.3. The zero-order valence-electron chi connectivity index (χ0n) is 21.3. The average molecular weight is 496 g/mol. The summed E-state index contributed by atoms with van der Waals surface area (Å²) in [5.41, 5.74) is 5.64. The third-order valence-corrected chi connectivity index (χ3v) is 7.88. The fourth-order valence-electron chi connectivity index (χ4n) is 4.49. The number of allylic oxidation sites excluding steroid dienone is 2. The smallest absolute Gasteiger partial charge is 0.235 e. The van der Waals surface area contributed by atoms with Crippen LogP contribution in [0.2, 0.25) is 0 Å². The normalized spacial score (nSPS) is 13.6. The van der Waals surface area contributed by atoms with Gasteiger partial charge in [0.15, 0.2) is 0 Å². The number of hydrogen-bond donors (Lipinski definition) is 0. The van der Waals surface area contributed by atoms with E-state index in [1.165, 1.54) is 11.1 Å². The highest BCUT2D eigenvalue weighted by atomic mass is 32.2. The number of nitrogens with zero attached hydrogens (tertiary/aromatic N) is 1. The van der Waals surface area contributed by atoms with Crippen molar-refractivity contribution in [3.05, 3.63) is 131 Å². The summed E-state index contributed by atoms with van der Waals surface area (Å²) < 4.78 is 15.1. The van der Waals surface area contributed by atoms with E-state index in [1.807, 2.05) is 49.4 Å². The molecule has 4 heteroatoms. The van der Waals surface area contributed by atoms with Crippen molar-refractivity contribution < 1.29 is 9.00 Å². The highest BCUT2D eigenvalue weighted by Crippen LogP contribution is 2.36. The lowest BCUT2D eigenvalue weighted by Crippen LogP contribution is -2.29. The van der Waals surface area contributed by atoms with E-state index >= 15 is 0 Å². The van der Waals surface area contributed by atoms with Crippen LogP contribution in [0.1, 0.15) is 53.2 Å². The zero-order chi connectivity index (χ0) is 25.7. The van der Waals surface area contributed by atoms with Gasteiger partial charge in [-0.3, -0.25) is 9.36 Å². The molecule has 36 heavy (non-hydrogen) atoms. The van der Waals surface area contributed by atoms with Crippen LogP contribution in [0.5, 0.6) is 0 Å². The van der Waals surface area contributed by atoms with Crippen molar-refractivity contribution in [2.45, 2.75) is 50.0 Å². The molecule has 0 aliphatic rings. The minimum absolute atomic E-state index is 0.0533. The summed E-state index contributed by atoms with van der Waals surface area (Å²) in [7, 11) is -1.46. The molecule has 4 rings (SSSR count). The van der Waals surface area contributed by atoms with E-state index in [4.69, 9.17) is 0 Å². The number of benzene rings is 3. The van der Waals surface area contributed by atoms with Gasteiger partial charge >= 0.3 is 0 Å². The number of carbonyl (C=O) groups excluding carboxylic acids is 1. The molecule has 1 aromatic heterocycles. The highest BCUT2D eigenvalue weighted by Gasteiger charge is 2.32. The zero-order valence-corrected chi connectivity index (χ0v) is 22.2. The SMILES string of the molecule is CC(C)=CC[C@@H](C(=O)n1cccc1[S@@](=O)c1ccc(C)cc1)[C@@H](c1ccccc1)c1ccc(C)cc1. The average Bonchev–Trinajstić information content (AvgIpc) is 3.37. The van der Waals surface area contributed by atoms with Crippen LogP contribution in [-0.4, -0.2) is 14.7 Å². The van der Waals surface area contributed by atoms with E-state index in [0.29, 0.717) is 16.3 Å². The van der Waals surface area contributed by atoms with Crippen molar-refractivity contribution in [3.8, 4) is 0 Å². The molecule has 3 atom stereocenters. The molecule has 3 nitrogen and oxygen atoms in total. The van der Waals surface area contributed by atoms with Gasteiger partial charge in [0.25, 0.3) is 0 Å². The summed E-state index contributed by atoms with van der Waals surface area (Å²) in [5.74, 6) is -0.563. The Kier molecular flexibility index (Phi) is 8.17. The number of hydrogen-bond acceptors (Lipinski definition) is 2. The molecule has 184 valence electrons. The first kappa shape index (κ1) is 25.6. The van der Waals surface area contributed by atoms with Gasteiger partial charge in [0, 0.05) is 17.0 Å². The molecule has 0 saturated heterocycles. The minimum atomic E-state index is -1.46. The molecule has 0 aliphatic heterocycles. The summed E-state index contributed by atoms with van der Waals surface area (Å²) in [6.07, 6.45) is 4.46. The maximum Gasteiger partial charge on any atom is 0.235 e. The Hall–Kier alpha value is -3.50. The summed E-state index contributed by atoms with van der Waals surface area (Å²) in [6.45, 7) is 8.18. The Morgan fingerprint density at radius 1 is 0.806 bits per heavy atom. The second-order valence-electron chi connectivity index (χ2n) is 9.56. The van der Waals surface area contributed by atoms with Crippen LogP contribution in [0, 0.1) is 19.8 Å². The van der Waals surface area contributed by atoms with E-state index in [-0.39, 0.29) is 17.7 Å². The van der Waals surface area contributed by atoms with E-state index in [1.54, 1.807) is 22.9 Å². The molecule has 1 heterocycles. The fraction of sp³-hybridized carbons (Fsp3) is 0.219. The van der Waals surface area contributed by atoms with Gasteiger partial charge in [0.1, 0.15) is 15.8 Å². The first-order valence-corrected chi connectivity index (χ1v) is 13.4. The molecule has 3 aromatic carbocycles. The highest BCUT2D eigenvalue weighted by molar-refractivity contribution is 7.85. The van der Waals surface area contributed by atoms with Gasteiger partial charge in [-0.2, -0.15) is 0 Å². The van der Waals surface area contributed by atoms with Gasteiger partial charge in [0.05, 0.1) is 5.92 Å². The summed E-state index contributed by atoms with van der Waals surface area (Å²) in [5, 5.41) is 0.502. The van der Waals surface area contributed by atoms with Crippen molar-refractivity contribution in [2.75, 3.05) is 0 Å². The van der Waals surface area contributed by atoms with E-state index < -0.39 is 10.8 Å². The quantitative estimate of drug-likeness (QED) is 0.235. The summed E-state index contributed by atoms with van der Waals surface area (Å²) in [6, 6.07) is 29.9. The van der Waals surface area contributed by atoms with Crippen LogP contribution in [0.3, 0.4) is 0 Å². The van der Waals surface area contributed by atoms with Crippen LogP contribution >= 0.6 is 0 Å². The molecular weight excluding hydrogens is 462 g/mol. The van der Waals surface area contributed by atoms with E-state index in [2.05, 4.69) is 63.2 Å². The summed E-state index contributed by atoms with van der Waals surface area (Å²) in [4.78, 5) is 15.0. The molecule has 0 spiro atoms. The molecule has 0 amide bonds. The number of aryl methyl sites for hydroxylation is 2. The Morgan fingerprint density at radius 2 is 1.39 bits per heavy atom. The third-order valence-electron chi connectivity index (χ3n) is 6.47. The van der Waals surface area contributed by atoms with Crippen LogP contribution in [0.25, 0.3) is 0 Å². The Bertz CT molecular complexity index is 1360. The number of rotatable bonds is 8. The molecule has 0 saturated carbocycles. The summed E-state index contributed by atoms with van der Waals surface area (Å²) >= 11 is 0. The van der Waals surface area contributed by atoms with Crippen molar-refractivity contribution in [1.82, 2.24) is 4.57 Å². The standard InChI is InChI=1S/C32H33NO2S/c1-23(2)12-21-29(31(26-9-6-5-7-10-26)27-17-13-24(3)14-18-27)32(34)33-22-8-11-30(33)36(35)28-19-15-25(4)16-20-28/h5-20,22,29,31H,21H2,1-4H3/t29-,31+,36+/m1/s1. The van der Waals surface area contributed by atoms with Crippen molar-refractivity contribution in [1.29, 1.82) is 0 Å². The number of aromatic nitrogens is 1. The van der Waals surface area contributed by atoms with Gasteiger partial charge < -0.3 is 0 Å². The van der Waals surface area contributed by atoms with E-state index in [9.17, 15) is 9.00 Å². The fourth-order valence-corrected chi connectivity index (χ4v) is 5.65. The minimum Gasteiger partial charge on any atom is -0.279 e. The Balaban J connectivity index is 1.80. The molecule has 0 aliphatic carbocycles.